The second-order valence-corrected chi connectivity index (χ2v) is 6.69. The quantitative estimate of drug-likeness (QED) is 0.894. The third-order valence-electron chi connectivity index (χ3n) is 2.74. The fraction of sp³-hybridized carbons (Fsp3) is 0.500. The SMILES string of the molecule is Cn1nnc(COc2ccc(Br)c(CNC(C)(C)C)c2)n1. The number of nitrogens with zero attached hydrogens (tertiary/aromatic N) is 4. The van der Waals surface area contributed by atoms with Crippen molar-refractivity contribution in [2.45, 2.75) is 39.5 Å². The first kappa shape index (κ1) is 15.9. The number of tetrazole rings is 1. The van der Waals surface area contributed by atoms with Gasteiger partial charge in [-0.3, -0.25) is 0 Å². The zero-order valence-electron chi connectivity index (χ0n) is 12.7. The van der Waals surface area contributed by atoms with Crippen LogP contribution in [0.1, 0.15) is 32.2 Å². The second kappa shape index (κ2) is 6.53. The highest BCUT2D eigenvalue weighted by Crippen LogP contribution is 2.23. The molecule has 6 nitrogen and oxygen atoms in total. The highest BCUT2D eigenvalue weighted by molar-refractivity contribution is 9.10. The average molecular weight is 354 g/mol. The summed E-state index contributed by atoms with van der Waals surface area (Å²) in [5.74, 6) is 1.35. The number of benzene rings is 1. The van der Waals surface area contributed by atoms with Crippen molar-refractivity contribution in [1.82, 2.24) is 25.5 Å². The van der Waals surface area contributed by atoms with Crippen LogP contribution in [-0.2, 0) is 20.2 Å². The van der Waals surface area contributed by atoms with E-state index >= 15 is 0 Å². The van der Waals surface area contributed by atoms with Gasteiger partial charge in [-0.2, -0.15) is 4.80 Å². The van der Waals surface area contributed by atoms with Crippen LogP contribution >= 0.6 is 15.9 Å². The van der Waals surface area contributed by atoms with Crippen molar-refractivity contribution in [3.8, 4) is 5.75 Å². The molecule has 114 valence electrons. The molecule has 0 aliphatic rings. The highest BCUT2D eigenvalue weighted by Gasteiger charge is 2.11. The number of nitrogens with one attached hydrogen (secondary N) is 1. The molecule has 0 fully saturated rings. The van der Waals surface area contributed by atoms with Gasteiger partial charge in [0.1, 0.15) is 5.75 Å². The molecule has 1 aromatic carbocycles. The van der Waals surface area contributed by atoms with Gasteiger partial charge in [0.15, 0.2) is 6.61 Å². The van der Waals surface area contributed by atoms with Crippen LogP contribution in [0.4, 0.5) is 0 Å². The van der Waals surface area contributed by atoms with Crippen molar-refractivity contribution in [2.75, 3.05) is 0 Å². The molecule has 1 heterocycles. The van der Waals surface area contributed by atoms with Crippen LogP contribution in [0.5, 0.6) is 5.75 Å². The van der Waals surface area contributed by atoms with E-state index in [1.165, 1.54) is 4.80 Å². The lowest BCUT2D eigenvalue weighted by atomic mass is 10.1. The summed E-state index contributed by atoms with van der Waals surface area (Å²) in [4.78, 5) is 1.42. The van der Waals surface area contributed by atoms with Crippen LogP contribution in [0.15, 0.2) is 22.7 Å². The van der Waals surface area contributed by atoms with E-state index in [9.17, 15) is 0 Å². The monoisotopic (exact) mass is 353 g/mol. The molecule has 0 bridgehead atoms. The van der Waals surface area contributed by atoms with Gasteiger partial charge >= 0.3 is 0 Å². The Morgan fingerprint density at radius 1 is 1.33 bits per heavy atom. The van der Waals surface area contributed by atoms with Crippen molar-refractivity contribution in [3.05, 3.63) is 34.1 Å². The minimum Gasteiger partial charge on any atom is -0.485 e. The first-order valence-corrected chi connectivity index (χ1v) is 7.52. The molecular formula is C14H20BrN5O. The third-order valence-corrected chi connectivity index (χ3v) is 3.52. The Kier molecular flexibility index (Phi) is 4.95. The molecule has 2 aromatic rings. The molecule has 0 saturated heterocycles. The van der Waals surface area contributed by atoms with Crippen molar-refractivity contribution < 1.29 is 4.74 Å². The molecule has 0 atom stereocenters. The molecule has 0 saturated carbocycles. The summed E-state index contributed by atoms with van der Waals surface area (Å²) in [5.41, 5.74) is 1.22. The van der Waals surface area contributed by atoms with Gasteiger partial charge in [-0.15, -0.1) is 10.2 Å². The van der Waals surface area contributed by atoms with Crippen LogP contribution in [-0.4, -0.2) is 25.7 Å². The van der Waals surface area contributed by atoms with Gasteiger partial charge in [-0.05, 0) is 49.7 Å². The zero-order valence-corrected chi connectivity index (χ0v) is 14.3. The van der Waals surface area contributed by atoms with E-state index in [1.54, 1.807) is 7.05 Å². The normalized spacial score (nSPS) is 11.7. The van der Waals surface area contributed by atoms with E-state index < -0.39 is 0 Å². The number of aryl methyl sites for hydroxylation is 1. The van der Waals surface area contributed by atoms with Crippen LogP contribution in [0.25, 0.3) is 0 Å². The number of hydrogen-bond donors (Lipinski definition) is 1. The summed E-state index contributed by atoms with van der Waals surface area (Å²) in [5, 5.41) is 15.2. The first-order chi connectivity index (χ1) is 9.83. The maximum absolute atomic E-state index is 5.71. The van der Waals surface area contributed by atoms with Crippen molar-refractivity contribution in [1.29, 1.82) is 0 Å². The Balaban J connectivity index is 2.00. The van der Waals surface area contributed by atoms with Gasteiger partial charge in [0.25, 0.3) is 0 Å². The van der Waals surface area contributed by atoms with Crippen molar-refractivity contribution >= 4 is 15.9 Å². The van der Waals surface area contributed by atoms with E-state index in [4.69, 9.17) is 4.74 Å². The molecule has 0 aliphatic heterocycles. The van der Waals surface area contributed by atoms with E-state index in [-0.39, 0.29) is 5.54 Å². The molecule has 0 unspecified atom stereocenters. The average Bonchev–Trinajstić information content (AvgIpc) is 2.81. The molecular weight excluding hydrogens is 334 g/mol. The summed E-state index contributed by atoms with van der Waals surface area (Å²) in [7, 11) is 1.73. The largest absolute Gasteiger partial charge is 0.485 e. The number of ether oxygens (including phenoxy) is 1. The Bertz CT molecular complexity index is 606. The summed E-state index contributed by atoms with van der Waals surface area (Å²) < 4.78 is 6.77. The molecule has 1 N–H and O–H groups in total. The Morgan fingerprint density at radius 3 is 2.71 bits per heavy atom. The molecule has 7 heteroatoms. The topological polar surface area (TPSA) is 64.9 Å². The van der Waals surface area contributed by atoms with Crippen molar-refractivity contribution in [3.63, 3.8) is 0 Å². The minimum absolute atomic E-state index is 0.0693. The van der Waals surface area contributed by atoms with E-state index in [2.05, 4.69) is 57.4 Å². The lowest BCUT2D eigenvalue weighted by Crippen LogP contribution is -2.35. The first-order valence-electron chi connectivity index (χ1n) is 6.72. The fourth-order valence-corrected chi connectivity index (χ4v) is 2.05. The van der Waals surface area contributed by atoms with Gasteiger partial charge in [0, 0.05) is 16.6 Å². The molecule has 0 spiro atoms. The molecule has 0 radical (unpaired) electrons. The minimum atomic E-state index is 0.0693. The number of rotatable bonds is 5. The molecule has 0 aliphatic carbocycles. The standard InChI is InChI=1S/C14H20BrN5O/c1-14(2,3)16-8-10-7-11(5-6-12(10)15)21-9-13-17-19-20(4)18-13/h5-7,16H,8-9H2,1-4H3. The van der Waals surface area contributed by atoms with Gasteiger partial charge in [-0.25, -0.2) is 0 Å². The molecule has 1 aromatic heterocycles. The van der Waals surface area contributed by atoms with Gasteiger partial charge < -0.3 is 10.1 Å². The zero-order chi connectivity index (χ0) is 15.5. The van der Waals surface area contributed by atoms with Crippen molar-refractivity contribution in [2.24, 2.45) is 7.05 Å². The number of aromatic nitrogens is 4. The lowest BCUT2D eigenvalue weighted by Gasteiger charge is -2.21. The summed E-state index contributed by atoms with van der Waals surface area (Å²) >= 11 is 3.56. The predicted molar refractivity (Wildman–Crippen MR) is 83.9 cm³/mol. The van der Waals surface area contributed by atoms with Crippen LogP contribution in [0.3, 0.4) is 0 Å². The maximum Gasteiger partial charge on any atom is 0.212 e. The molecule has 21 heavy (non-hydrogen) atoms. The Morgan fingerprint density at radius 2 is 2.10 bits per heavy atom. The lowest BCUT2D eigenvalue weighted by molar-refractivity contribution is 0.294. The summed E-state index contributed by atoms with van der Waals surface area (Å²) in [6, 6.07) is 5.92. The highest BCUT2D eigenvalue weighted by atomic mass is 79.9. The molecule has 0 amide bonds. The van der Waals surface area contributed by atoms with Gasteiger partial charge in [0.05, 0.1) is 7.05 Å². The number of hydrogen-bond acceptors (Lipinski definition) is 5. The smallest absolute Gasteiger partial charge is 0.212 e. The second-order valence-electron chi connectivity index (χ2n) is 5.84. The summed E-state index contributed by atoms with van der Waals surface area (Å²) in [6.07, 6.45) is 0. The van der Waals surface area contributed by atoms with E-state index in [0.717, 1.165) is 22.3 Å². The van der Waals surface area contributed by atoms with E-state index in [1.807, 2.05) is 18.2 Å². The van der Waals surface area contributed by atoms with Crippen LogP contribution in [0, 0.1) is 0 Å². The Hall–Kier alpha value is -1.47. The van der Waals surface area contributed by atoms with Crippen LogP contribution in [0.2, 0.25) is 0 Å². The van der Waals surface area contributed by atoms with Gasteiger partial charge in [-0.1, -0.05) is 15.9 Å². The number of halogens is 1. The summed E-state index contributed by atoms with van der Waals surface area (Å²) in [6.45, 7) is 7.50. The maximum atomic E-state index is 5.71. The fourth-order valence-electron chi connectivity index (χ4n) is 1.67. The third kappa shape index (κ3) is 5.09. The van der Waals surface area contributed by atoms with E-state index in [0.29, 0.717) is 12.4 Å². The van der Waals surface area contributed by atoms with Gasteiger partial charge in [0.2, 0.25) is 5.82 Å². The molecule has 2 rings (SSSR count). The predicted octanol–water partition coefficient (Wildman–Crippen LogP) is 2.44. The Labute approximate surface area is 133 Å². The van der Waals surface area contributed by atoms with Crippen LogP contribution < -0.4 is 10.1 Å².